The SMILES string of the molecule is CCC(C)CCCCCCCCCCCCCCCCC(=O)O[C@H](COC(=O)CCCCCCCCC(C)C)COP(=O)(O)OC[C@H](O)COP(=O)(O)OC[C@@H](COC(=O)CCCCCCCCCCCCCCC(C)C)OC(=O)CCCCCCCCCCC(C)C. The molecule has 0 bridgehead atoms. The standard InChI is InChI=1S/C74H144O17P2/c1-9-67(8)53-45-37-28-21-17-12-10-11-13-19-23-30-40-48-56-73(78)90-70(61-85-72(77)55-47-39-33-32-36-44-52-66(6)7)63-89-93(82,83)87-59-68(75)58-86-92(80,81)88-62-69(91-74(79)57-49-41-31-25-24-27-35-43-51-65(4)5)60-84-71(76)54-46-38-29-22-18-15-14-16-20-26-34-42-50-64(2)3/h64-70,75H,9-63H2,1-8H3,(H,80,81)(H,82,83)/t67?,68-,69-,70-/m1/s1. The third-order valence-corrected chi connectivity index (χ3v) is 19.3. The summed E-state index contributed by atoms with van der Waals surface area (Å²) in [4.78, 5) is 72.7. The molecule has 0 aromatic rings. The van der Waals surface area contributed by atoms with Crippen LogP contribution in [0, 0.1) is 23.7 Å². The van der Waals surface area contributed by atoms with Crippen LogP contribution in [0.5, 0.6) is 0 Å². The van der Waals surface area contributed by atoms with E-state index in [4.69, 9.17) is 37.0 Å². The van der Waals surface area contributed by atoms with Crippen LogP contribution >= 0.6 is 15.6 Å². The van der Waals surface area contributed by atoms with Crippen LogP contribution in [0.25, 0.3) is 0 Å². The lowest BCUT2D eigenvalue weighted by Crippen LogP contribution is -2.30. The van der Waals surface area contributed by atoms with Crippen molar-refractivity contribution in [1.29, 1.82) is 0 Å². The highest BCUT2D eigenvalue weighted by atomic mass is 31.2. The van der Waals surface area contributed by atoms with Crippen molar-refractivity contribution >= 4 is 39.5 Å². The molecule has 6 atom stereocenters. The first-order valence-corrected chi connectivity index (χ1v) is 41.2. The molecule has 0 radical (unpaired) electrons. The van der Waals surface area contributed by atoms with Gasteiger partial charge in [-0.25, -0.2) is 9.13 Å². The van der Waals surface area contributed by atoms with Crippen LogP contribution in [0.4, 0.5) is 0 Å². The number of carbonyl (C=O) groups excluding carboxylic acids is 4. The van der Waals surface area contributed by atoms with E-state index in [2.05, 4.69) is 55.4 Å². The molecule has 0 aromatic heterocycles. The summed E-state index contributed by atoms with van der Waals surface area (Å²) in [6.07, 6.45) is 47.3. The number of aliphatic hydroxyl groups excluding tert-OH is 1. The van der Waals surface area contributed by atoms with Crippen molar-refractivity contribution in [1.82, 2.24) is 0 Å². The van der Waals surface area contributed by atoms with E-state index < -0.39 is 97.5 Å². The highest BCUT2D eigenvalue weighted by Crippen LogP contribution is 2.45. The second kappa shape index (κ2) is 63.5. The van der Waals surface area contributed by atoms with E-state index >= 15 is 0 Å². The third-order valence-electron chi connectivity index (χ3n) is 17.4. The van der Waals surface area contributed by atoms with Crippen molar-refractivity contribution in [3.8, 4) is 0 Å². The Morgan fingerprint density at radius 1 is 0.301 bits per heavy atom. The number of unbranched alkanes of at least 4 members (excludes halogenated alkanes) is 36. The first-order valence-electron chi connectivity index (χ1n) is 38.2. The number of phosphoric ester groups is 2. The van der Waals surface area contributed by atoms with Gasteiger partial charge in [0.05, 0.1) is 26.4 Å². The Kier molecular flexibility index (Phi) is 62.2. The number of aliphatic hydroxyl groups is 1. The molecule has 0 aliphatic heterocycles. The zero-order valence-electron chi connectivity index (χ0n) is 60.9. The van der Waals surface area contributed by atoms with Crippen LogP contribution in [-0.4, -0.2) is 96.7 Å². The van der Waals surface area contributed by atoms with Crippen molar-refractivity contribution < 1.29 is 80.2 Å². The minimum atomic E-state index is -4.95. The van der Waals surface area contributed by atoms with Crippen LogP contribution in [0.2, 0.25) is 0 Å². The second-order valence-electron chi connectivity index (χ2n) is 28.4. The maximum atomic E-state index is 13.0. The normalized spacial score (nSPS) is 14.5. The lowest BCUT2D eigenvalue weighted by atomic mass is 9.99. The van der Waals surface area contributed by atoms with Crippen LogP contribution in [0.15, 0.2) is 0 Å². The van der Waals surface area contributed by atoms with Gasteiger partial charge in [-0.2, -0.15) is 0 Å². The smallest absolute Gasteiger partial charge is 0.462 e. The second-order valence-corrected chi connectivity index (χ2v) is 31.3. The molecule has 0 aliphatic carbocycles. The Morgan fingerprint density at radius 2 is 0.516 bits per heavy atom. The largest absolute Gasteiger partial charge is 0.472 e. The summed E-state index contributed by atoms with van der Waals surface area (Å²) in [6.45, 7) is 14.1. The highest BCUT2D eigenvalue weighted by molar-refractivity contribution is 7.47. The van der Waals surface area contributed by atoms with Gasteiger partial charge in [-0.05, 0) is 49.4 Å². The van der Waals surface area contributed by atoms with Crippen LogP contribution < -0.4 is 0 Å². The van der Waals surface area contributed by atoms with Crippen LogP contribution in [0.1, 0.15) is 370 Å². The van der Waals surface area contributed by atoms with E-state index in [0.717, 1.165) is 114 Å². The van der Waals surface area contributed by atoms with Crippen molar-refractivity contribution in [2.45, 2.75) is 388 Å². The molecule has 0 heterocycles. The monoisotopic (exact) mass is 1370 g/mol. The molecule has 0 spiro atoms. The molecule has 0 rings (SSSR count). The van der Waals surface area contributed by atoms with Gasteiger partial charge in [-0.1, -0.05) is 319 Å². The van der Waals surface area contributed by atoms with E-state index in [1.165, 1.54) is 167 Å². The Balaban J connectivity index is 5.20. The molecule has 17 nitrogen and oxygen atoms in total. The number of carbonyl (C=O) groups is 4. The Hall–Kier alpha value is -1.94. The number of rotatable bonds is 71. The summed E-state index contributed by atoms with van der Waals surface area (Å²) in [5.41, 5.74) is 0. The summed E-state index contributed by atoms with van der Waals surface area (Å²) in [6, 6.07) is 0. The predicted molar refractivity (Wildman–Crippen MR) is 377 cm³/mol. The van der Waals surface area contributed by atoms with Crippen LogP contribution in [-0.2, 0) is 65.4 Å². The van der Waals surface area contributed by atoms with Gasteiger partial charge < -0.3 is 33.8 Å². The molecule has 0 fully saturated rings. The molecule has 19 heteroatoms. The lowest BCUT2D eigenvalue weighted by molar-refractivity contribution is -0.161. The maximum Gasteiger partial charge on any atom is 0.472 e. The molecule has 3 unspecified atom stereocenters. The third kappa shape index (κ3) is 67.0. The summed E-state index contributed by atoms with van der Waals surface area (Å²) in [5.74, 6) is 0.899. The molecular weight excluding hydrogens is 1220 g/mol. The Morgan fingerprint density at radius 3 is 0.763 bits per heavy atom. The zero-order chi connectivity index (χ0) is 68.9. The summed E-state index contributed by atoms with van der Waals surface area (Å²) < 4.78 is 68.4. The van der Waals surface area contributed by atoms with E-state index in [0.29, 0.717) is 31.6 Å². The highest BCUT2D eigenvalue weighted by Gasteiger charge is 2.30. The molecule has 0 aromatic carbocycles. The van der Waals surface area contributed by atoms with E-state index in [1.807, 2.05) is 0 Å². The van der Waals surface area contributed by atoms with Gasteiger partial charge >= 0.3 is 39.5 Å². The number of hydrogen-bond donors (Lipinski definition) is 3. The molecule has 0 aliphatic rings. The average Bonchev–Trinajstić information content (AvgIpc) is 2.74. The minimum Gasteiger partial charge on any atom is -0.462 e. The molecule has 3 N–H and O–H groups in total. The van der Waals surface area contributed by atoms with E-state index in [9.17, 15) is 43.2 Å². The number of phosphoric acid groups is 2. The summed E-state index contributed by atoms with van der Waals surface area (Å²) in [5, 5.41) is 10.6. The number of ether oxygens (including phenoxy) is 4. The Labute approximate surface area is 568 Å². The molecule has 0 saturated heterocycles. The Bertz CT molecular complexity index is 1840. The molecular formula is C74H144O17P2. The van der Waals surface area contributed by atoms with E-state index in [-0.39, 0.29) is 25.7 Å². The lowest BCUT2D eigenvalue weighted by Gasteiger charge is -2.21. The number of esters is 4. The molecule has 93 heavy (non-hydrogen) atoms. The van der Waals surface area contributed by atoms with Gasteiger partial charge in [0.2, 0.25) is 0 Å². The van der Waals surface area contributed by atoms with Gasteiger partial charge in [-0.3, -0.25) is 37.3 Å². The maximum absolute atomic E-state index is 13.0. The van der Waals surface area contributed by atoms with Crippen molar-refractivity contribution in [2.75, 3.05) is 39.6 Å². The molecule has 0 amide bonds. The van der Waals surface area contributed by atoms with Gasteiger partial charge in [0.1, 0.15) is 19.3 Å². The fourth-order valence-electron chi connectivity index (χ4n) is 11.2. The quantitative estimate of drug-likeness (QED) is 0.0222. The minimum absolute atomic E-state index is 0.104. The first kappa shape index (κ1) is 91.1. The molecule has 0 saturated carbocycles. The fraction of sp³-hybridized carbons (Fsp3) is 0.946. The summed E-state index contributed by atoms with van der Waals surface area (Å²) in [7, 11) is -9.91. The average molecular weight is 1370 g/mol. The van der Waals surface area contributed by atoms with Gasteiger partial charge in [0.25, 0.3) is 0 Å². The molecule has 552 valence electrons. The van der Waals surface area contributed by atoms with Crippen molar-refractivity contribution in [3.63, 3.8) is 0 Å². The van der Waals surface area contributed by atoms with Gasteiger partial charge in [0, 0.05) is 25.7 Å². The van der Waals surface area contributed by atoms with E-state index in [1.54, 1.807) is 0 Å². The number of hydrogen-bond acceptors (Lipinski definition) is 15. The topological polar surface area (TPSA) is 237 Å². The van der Waals surface area contributed by atoms with Gasteiger partial charge in [0.15, 0.2) is 12.2 Å². The fourth-order valence-corrected chi connectivity index (χ4v) is 12.7. The predicted octanol–water partition coefficient (Wildman–Crippen LogP) is 21.3. The first-order chi connectivity index (χ1) is 44.6. The summed E-state index contributed by atoms with van der Waals surface area (Å²) >= 11 is 0. The van der Waals surface area contributed by atoms with Gasteiger partial charge in [-0.15, -0.1) is 0 Å². The van der Waals surface area contributed by atoms with Crippen molar-refractivity contribution in [2.24, 2.45) is 23.7 Å². The van der Waals surface area contributed by atoms with Crippen molar-refractivity contribution in [3.05, 3.63) is 0 Å². The van der Waals surface area contributed by atoms with Crippen LogP contribution in [0.3, 0.4) is 0 Å². The zero-order valence-corrected chi connectivity index (χ0v) is 62.7.